The molecule has 0 aromatic heterocycles. The number of rotatable bonds is 24. The van der Waals surface area contributed by atoms with Crippen LogP contribution < -0.4 is 0 Å². The highest BCUT2D eigenvalue weighted by Gasteiger charge is 2.61. The first-order chi connectivity index (χ1) is 18.6. The average Bonchev–Trinajstić information content (AvgIpc) is 2.88. The maximum absolute atomic E-state index is 11.8. The van der Waals surface area contributed by atoms with Crippen molar-refractivity contribution in [2.75, 3.05) is 24.6 Å². The van der Waals surface area contributed by atoms with Gasteiger partial charge >= 0.3 is 11.4 Å². The van der Waals surface area contributed by atoms with Crippen molar-refractivity contribution < 1.29 is 39.3 Å². The van der Waals surface area contributed by atoms with E-state index in [-0.39, 0.29) is 0 Å². The molecule has 0 aromatic rings. The molecule has 0 aliphatic rings. The van der Waals surface area contributed by atoms with Crippen LogP contribution in [-0.4, -0.2) is 55.2 Å². The van der Waals surface area contributed by atoms with Crippen molar-refractivity contribution in [3.8, 4) is 0 Å². The lowest BCUT2D eigenvalue weighted by atomic mass is 10.1. The van der Waals surface area contributed by atoms with E-state index < -0.39 is 35.0 Å². The molecular formula is C29H57F6O3PS. The molecule has 0 rings (SSSR count). The minimum absolute atomic E-state index is 0.626. The van der Waals surface area contributed by atoms with Gasteiger partial charge in [0.05, 0.1) is 24.6 Å². The van der Waals surface area contributed by atoms with Gasteiger partial charge in [-0.25, -0.2) is 12.8 Å². The van der Waals surface area contributed by atoms with Crippen molar-refractivity contribution in [1.82, 2.24) is 0 Å². The first-order valence-corrected chi connectivity index (χ1v) is 19.5. The van der Waals surface area contributed by atoms with E-state index in [4.69, 9.17) is 0 Å². The topological polar surface area (TPSA) is 57.2 Å². The molecule has 0 amide bonds. The van der Waals surface area contributed by atoms with Crippen molar-refractivity contribution in [2.45, 2.75) is 161 Å². The monoisotopic (exact) mass is 630 g/mol. The Bertz CT molecular complexity index is 668. The van der Waals surface area contributed by atoms with Gasteiger partial charge in [-0.05, 0) is 32.1 Å². The van der Waals surface area contributed by atoms with Crippen LogP contribution in [0, 0.1) is 0 Å². The lowest BCUT2D eigenvalue weighted by Crippen LogP contribution is -2.46. The first kappa shape index (κ1) is 42.1. The predicted octanol–water partition coefficient (Wildman–Crippen LogP) is 11.1. The van der Waals surface area contributed by atoms with E-state index in [0.717, 1.165) is 0 Å². The minimum atomic E-state index is -6.66. The van der Waals surface area contributed by atoms with Gasteiger partial charge in [-0.1, -0.05) is 111 Å². The van der Waals surface area contributed by atoms with Crippen LogP contribution in [0.25, 0.3) is 0 Å². The first-order valence-electron chi connectivity index (χ1n) is 15.5. The summed E-state index contributed by atoms with van der Waals surface area (Å²) < 4.78 is 97.5. The fraction of sp³-hybridized carbons (Fsp3) is 1.00. The quantitative estimate of drug-likeness (QED) is 0.0461. The van der Waals surface area contributed by atoms with Gasteiger partial charge in [0.1, 0.15) is 0 Å². The molecule has 244 valence electrons. The zero-order valence-electron chi connectivity index (χ0n) is 25.5. The summed E-state index contributed by atoms with van der Waals surface area (Å²) in [7, 11) is -7.29. The standard InChI is InChI=1S/C26H56P.C3H2F6O3S/c1-5-9-13-14-15-16-17-18-19-20-21-22-26-27(23-10-6-2,24-11-7-3)25-12-8-4;4-1(2(5,6)7)3(8,9)13(10,11)12/h5-26H2,1-4H3;1H,(H,10,11,12)/q+1;/p-1. The van der Waals surface area contributed by atoms with Gasteiger partial charge in [0.25, 0.3) is 6.17 Å². The molecule has 11 heteroatoms. The smallest absolute Gasteiger partial charge is 0.426 e. The summed E-state index contributed by atoms with van der Waals surface area (Å²) >= 11 is 0. The maximum atomic E-state index is 11.8. The van der Waals surface area contributed by atoms with E-state index in [9.17, 15) is 39.3 Å². The molecule has 0 bridgehead atoms. The van der Waals surface area contributed by atoms with Crippen molar-refractivity contribution in [1.29, 1.82) is 0 Å². The second-order valence-corrected chi connectivity index (χ2v) is 17.0. The molecule has 0 spiro atoms. The van der Waals surface area contributed by atoms with Crippen molar-refractivity contribution in [2.24, 2.45) is 0 Å². The van der Waals surface area contributed by atoms with Gasteiger partial charge in [0, 0.05) is 7.26 Å². The van der Waals surface area contributed by atoms with Crippen molar-refractivity contribution in [3.05, 3.63) is 0 Å². The summed E-state index contributed by atoms with van der Waals surface area (Å²) in [5.41, 5.74) is 0. The van der Waals surface area contributed by atoms with Gasteiger partial charge in [0.15, 0.2) is 10.1 Å². The van der Waals surface area contributed by atoms with Gasteiger partial charge in [0.2, 0.25) is 0 Å². The van der Waals surface area contributed by atoms with Gasteiger partial charge < -0.3 is 4.55 Å². The fourth-order valence-corrected chi connectivity index (χ4v) is 10.3. The largest absolute Gasteiger partial charge is 0.743 e. The second kappa shape index (κ2) is 23.4. The van der Waals surface area contributed by atoms with Crippen LogP contribution >= 0.6 is 7.26 Å². The molecule has 0 heterocycles. The maximum Gasteiger partial charge on any atom is 0.426 e. The van der Waals surface area contributed by atoms with E-state index in [1.54, 1.807) is 31.1 Å². The van der Waals surface area contributed by atoms with Gasteiger partial charge in [-0.15, -0.1) is 0 Å². The van der Waals surface area contributed by atoms with Crippen LogP contribution in [0.1, 0.15) is 143 Å². The molecule has 0 saturated carbocycles. The van der Waals surface area contributed by atoms with Crippen LogP contribution in [0.4, 0.5) is 26.3 Å². The van der Waals surface area contributed by atoms with Crippen LogP contribution in [0.3, 0.4) is 0 Å². The molecule has 40 heavy (non-hydrogen) atoms. The highest BCUT2D eigenvalue weighted by Crippen LogP contribution is 2.61. The molecule has 0 N–H and O–H groups in total. The SMILES string of the molecule is CCCCCCCCCCCCCC[P+](CCCC)(CCCC)CCCC.O=S(=O)([O-])C(F)(F)C(F)C(F)(F)F. The molecule has 0 aliphatic carbocycles. The Kier molecular flexibility index (Phi) is 24.6. The zero-order chi connectivity index (χ0) is 31.1. The van der Waals surface area contributed by atoms with Crippen molar-refractivity contribution in [3.63, 3.8) is 0 Å². The lowest BCUT2D eigenvalue weighted by molar-refractivity contribution is -0.223. The second-order valence-electron chi connectivity index (χ2n) is 11.1. The molecule has 1 unspecified atom stereocenters. The summed E-state index contributed by atoms with van der Waals surface area (Å²) in [5, 5.41) is -5.99. The van der Waals surface area contributed by atoms with E-state index >= 15 is 0 Å². The molecule has 0 saturated heterocycles. The summed E-state index contributed by atoms with van der Waals surface area (Å²) in [6, 6.07) is 0. The average molecular weight is 631 g/mol. The molecule has 0 aliphatic heterocycles. The van der Waals surface area contributed by atoms with Crippen LogP contribution in [-0.2, 0) is 10.1 Å². The summed E-state index contributed by atoms with van der Waals surface area (Å²) in [6.07, 6.45) is 21.9. The van der Waals surface area contributed by atoms with E-state index in [2.05, 4.69) is 27.7 Å². The Morgan fingerprint density at radius 2 is 0.825 bits per heavy atom. The number of halogens is 6. The predicted molar refractivity (Wildman–Crippen MR) is 158 cm³/mol. The van der Waals surface area contributed by atoms with Crippen LogP contribution in [0.15, 0.2) is 0 Å². The van der Waals surface area contributed by atoms with E-state index in [1.165, 1.54) is 109 Å². The summed E-state index contributed by atoms with van der Waals surface area (Å²) in [4.78, 5) is 0. The summed E-state index contributed by atoms with van der Waals surface area (Å²) in [6.45, 7) is 9.47. The molecule has 3 nitrogen and oxygen atoms in total. The Hall–Kier alpha value is -0.0800. The molecule has 0 radical (unpaired) electrons. The van der Waals surface area contributed by atoms with Gasteiger partial charge in [-0.3, -0.25) is 0 Å². The number of alkyl halides is 6. The number of unbranched alkanes of at least 4 members (excludes halogenated alkanes) is 14. The highest BCUT2D eigenvalue weighted by atomic mass is 32.2. The third kappa shape index (κ3) is 19.9. The van der Waals surface area contributed by atoms with E-state index in [1.807, 2.05) is 0 Å². The molecule has 0 aromatic carbocycles. The molecule has 0 fully saturated rings. The summed E-state index contributed by atoms with van der Waals surface area (Å²) in [5.74, 6) is 0. The third-order valence-electron chi connectivity index (χ3n) is 7.36. The van der Waals surface area contributed by atoms with E-state index in [0.29, 0.717) is 0 Å². The lowest BCUT2D eigenvalue weighted by Gasteiger charge is -2.28. The third-order valence-corrected chi connectivity index (χ3v) is 13.3. The van der Waals surface area contributed by atoms with Gasteiger partial charge in [-0.2, -0.15) is 22.0 Å². The normalized spacial score (nSPS) is 13.7. The molecule has 1 atom stereocenters. The van der Waals surface area contributed by atoms with Crippen LogP contribution in [0.5, 0.6) is 0 Å². The van der Waals surface area contributed by atoms with Crippen molar-refractivity contribution >= 4 is 17.4 Å². The highest BCUT2D eigenvalue weighted by molar-refractivity contribution is 7.86. The number of hydrogen-bond acceptors (Lipinski definition) is 3. The zero-order valence-corrected chi connectivity index (χ0v) is 27.2. The fourth-order valence-electron chi connectivity index (χ4n) is 4.76. The van der Waals surface area contributed by atoms with Crippen LogP contribution in [0.2, 0.25) is 0 Å². The Morgan fingerprint density at radius 1 is 0.550 bits per heavy atom. The molecular weight excluding hydrogens is 573 g/mol. The Balaban J connectivity index is 0. The Morgan fingerprint density at radius 3 is 1.07 bits per heavy atom. The Labute approximate surface area is 242 Å². The minimum Gasteiger partial charge on any atom is -0.743 e. The number of hydrogen-bond donors (Lipinski definition) is 0.